The van der Waals surface area contributed by atoms with E-state index in [0.29, 0.717) is 15.0 Å². The highest BCUT2D eigenvalue weighted by molar-refractivity contribution is 9.10. The van der Waals surface area contributed by atoms with Crippen LogP contribution in [0.3, 0.4) is 0 Å². The predicted octanol–water partition coefficient (Wildman–Crippen LogP) is 7.46. The van der Waals surface area contributed by atoms with Crippen molar-refractivity contribution in [3.63, 3.8) is 0 Å². The van der Waals surface area contributed by atoms with E-state index in [-0.39, 0.29) is 26.5 Å². The lowest BCUT2D eigenvalue weighted by molar-refractivity contribution is 0.611. The maximum absolute atomic E-state index is 12.9. The summed E-state index contributed by atoms with van der Waals surface area (Å²) in [5.41, 5.74) is 3.30. The van der Waals surface area contributed by atoms with Gasteiger partial charge in [0.2, 0.25) is 0 Å². The Hall–Kier alpha value is -1.11. The summed E-state index contributed by atoms with van der Waals surface area (Å²) in [5.74, 6) is -0.413. The van der Waals surface area contributed by atoms with Gasteiger partial charge < -0.3 is 5.32 Å². The Kier molecular flexibility index (Phi) is 10.5. The molecule has 0 aromatic heterocycles. The second-order valence-electron chi connectivity index (χ2n) is 6.38. The van der Waals surface area contributed by atoms with Gasteiger partial charge in [0.25, 0.3) is 0 Å². The molecular weight excluding hydrogens is 490 g/mol. The maximum Gasteiger partial charge on any atom is 0.137 e. The van der Waals surface area contributed by atoms with Crippen molar-refractivity contribution in [1.82, 2.24) is 5.32 Å². The van der Waals surface area contributed by atoms with Crippen molar-refractivity contribution < 1.29 is 8.78 Å². The third kappa shape index (κ3) is 6.46. The van der Waals surface area contributed by atoms with E-state index in [1.165, 1.54) is 24.1 Å². The molecule has 2 aromatic rings. The van der Waals surface area contributed by atoms with Crippen molar-refractivity contribution in [2.45, 2.75) is 46.6 Å². The van der Waals surface area contributed by atoms with Crippen molar-refractivity contribution in [3.8, 4) is 0 Å². The van der Waals surface area contributed by atoms with E-state index in [0.717, 1.165) is 43.6 Å². The number of nitrogens with zero attached hydrogens (tertiary/aromatic N) is 1. The van der Waals surface area contributed by atoms with Crippen molar-refractivity contribution in [2.24, 2.45) is 4.99 Å². The normalized spacial score (nSPS) is 17.7. The number of halogens is 4. The number of rotatable bonds is 2. The molecule has 0 aliphatic carbocycles. The first-order chi connectivity index (χ1) is 12.5. The van der Waals surface area contributed by atoms with Gasteiger partial charge in [0.15, 0.2) is 0 Å². The fraction of sp³-hybridized carbons (Fsp3) is 0.409. The van der Waals surface area contributed by atoms with Gasteiger partial charge >= 0.3 is 0 Å². The second kappa shape index (κ2) is 11.8. The Morgan fingerprint density at radius 2 is 1.61 bits per heavy atom. The van der Waals surface area contributed by atoms with Crippen LogP contribution in [-0.2, 0) is 0 Å². The highest BCUT2D eigenvalue weighted by atomic mass is 79.9. The van der Waals surface area contributed by atoms with Crippen LogP contribution in [-0.4, -0.2) is 18.8 Å². The summed E-state index contributed by atoms with van der Waals surface area (Å²) in [6.45, 7) is 1.98. The molecule has 1 unspecified atom stereocenters. The largest absolute Gasteiger partial charge is 0.310 e. The molecule has 1 atom stereocenters. The molecule has 0 saturated carbocycles. The minimum Gasteiger partial charge on any atom is -0.310 e. The Bertz CT molecular complexity index is 803. The minimum atomic E-state index is -0.220. The number of aliphatic imine (C=N–C) groups is 1. The van der Waals surface area contributed by atoms with E-state index in [4.69, 9.17) is 0 Å². The maximum atomic E-state index is 12.9. The number of hydrogen-bond acceptors (Lipinski definition) is 2. The summed E-state index contributed by atoms with van der Waals surface area (Å²) in [5, 5.41) is 3.38. The molecule has 1 N–H and O–H groups in total. The van der Waals surface area contributed by atoms with E-state index < -0.39 is 0 Å². The number of benzene rings is 2. The van der Waals surface area contributed by atoms with E-state index in [1.807, 2.05) is 12.1 Å². The zero-order chi connectivity index (χ0) is 18.5. The Morgan fingerprint density at radius 3 is 2.14 bits per heavy atom. The Labute approximate surface area is 184 Å². The van der Waals surface area contributed by atoms with Crippen LogP contribution in [0.25, 0.3) is 0 Å². The molecule has 6 heteroatoms. The first-order valence-corrected chi connectivity index (χ1v) is 10.3. The second-order valence-corrected chi connectivity index (χ2v) is 8.09. The SMILES string of the molecule is C.C.Fc1ccc(C2=NCCC2)cc1Br.Fc1ccc(C2CCCN2)cc1Br. The molecule has 28 heavy (non-hydrogen) atoms. The lowest BCUT2D eigenvalue weighted by Crippen LogP contribution is -2.12. The van der Waals surface area contributed by atoms with Gasteiger partial charge in [-0.2, -0.15) is 0 Å². The molecule has 154 valence electrons. The molecule has 0 radical (unpaired) electrons. The average Bonchev–Trinajstić information content (AvgIpc) is 3.34. The molecule has 1 fully saturated rings. The van der Waals surface area contributed by atoms with Crippen molar-refractivity contribution in [1.29, 1.82) is 0 Å². The highest BCUT2D eigenvalue weighted by Crippen LogP contribution is 2.26. The first-order valence-electron chi connectivity index (χ1n) is 8.71. The van der Waals surface area contributed by atoms with Crippen LogP contribution in [0.4, 0.5) is 8.78 Å². The van der Waals surface area contributed by atoms with E-state index in [9.17, 15) is 8.78 Å². The van der Waals surface area contributed by atoms with Crippen LogP contribution in [0.5, 0.6) is 0 Å². The van der Waals surface area contributed by atoms with Gasteiger partial charge in [0, 0.05) is 18.3 Å². The van der Waals surface area contributed by atoms with Crippen molar-refractivity contribution in [2.75, 3.05) is 13.1 Å². The zero-order valence-corrected chi connectivity index (χ0v) is 17.4. The number of nitrogens with one attached hydrogen (secondary N) is 1. The van der Waals surface area contributed by atoms with Gasteiger partial charge in [0.05, 0.1) is 8.95 Å². The van der Waals surface area contributed by atoms with E-state index >= 15 is 0 Å². The zero-order valence-electron chi connectivity index (χ0n) is 14.2. The first kappa shape index (κ1) is 24.9. The third-order valence-electron chi connectivity index (χ3n) is 4.53. The van der Waals surface area contributed by atoms with Crippen molar-refractivity contribution in [3.05, 3.63) is 68.1 Å². The van der Waals surface area contributed by atoms with Crippen molar-refractivity contribution >= 4 is 37.6 Å². The van der Waals surface area contributed by atoms with Gasteiger partial charge in [-0.15, -0.1) is 0 Å². The topological polar surface area (TPSA) is 24.4 Å². The van der Waals surface area contributed by atoms with Crippen LogP contribution in [0.2, 0.25) is 0 Å². The molecule has 2 aliphatic heterocycles. The highest BCUT2D eigenvalue weighted by Gasteiger charge is 2.16. The van der Waals surface area contributed by atoms with Gasteiger partial charge in [0.1, 0.15) is 11.6 Å². The summed E-state index contributed by atoms with van der Waals surface area (Å²) in [6, 6.07) is 10.7. The lowest BCUT2D eigenvalue weighted by atomic mass is 10.1. The summed E-state index contributed by atoms with van der Waals surface area (Å²) in [4.78, 5) is 4.35. The summed E-state index contributed by atoms with van der Waals surface area (Å²) >= 11 is 6.35. The smallest absolute Gasteiger partial charge is 0.137 e. The summed E-state index contributed by atoms with van der Waals surface area (Å²) in [7, 11) is 0. The average molecular weight is 518 g/mol. The molecule has 2 aromatic carbocycles. The quantitative estimate of drug-likeness (QED) is 0.439. The van der Waals surface area contributed by atoms with Crippen LogP contribution in [0.15, 0.2) is 50.3 Å². The monoisotopic (exact) mass is 516 g/mol. The van der Waals surface area contributed by atoms with Crippen LogP contribution in [0, 0.1) is 11.6 Å². The molecule has 2 aliphatic rings. The molecule has 4 rings (SSSR count). The van der Waals surface area contributed by atoms with E-state index in [2.05, 4.69) is 42.2 Å². The Morgan fingerprint density at radius 1 is 0.929 bits per heavy atom. The molecular formula is C22H28Br2F2N2. The van der Waals surface area contributed by atoms with Crippen LogP contribution < -0.4 is 5.32 Å². The molecule has 2 heterocycles. The standard InChI is InChI=1S/C10H11BrFN.C10H9BrFN.2CH4/c2*11-8-6-7(3-4-9(8)12)10-2-1-5-13-10;;/h3-4,6,10,13H,1-2,5H2;3-4,6H,1-2,5H2;2*1H4. The van der Waals surface area contributed by atoms with Gasteiger partial charge in [-0.25, -0.2) is 8.78 Å². The van der Waals surface area contributed by atoms with Gasteiger partial charge in [-0.1, -0.05) is 27.0 Å². The minimum absolute atomic E-state index is 0. The fourth-order valence-electron chi connectivity index (χ4n) is 3.15. The molecule has 0 spiro atoms. The summed E-state index contributed by atoms with van der Waals surface area (Å²) < 4.78 is 26.9. The van der Waals surface area contributed by atoms with Gasteiger partial charge in [-0.05, 0) is 99.5 Å². The predicted molar refractivity (Wildman–Crippen MR) is 122 cm³/mol. The molecule has 1 saturated heterocycles. The number of hydrogen-bond donors (Lipinski definition) is 1. The third-order valence-corrected chi connectivity index (χ3v) is 5.75. The summed E-state index contributed by atoms with van der Waals surface area (Å²) in [6.07, 6.45) is 4.49. The molecule has 0 amide bonds. The van der Waals surface area contributed by atoms with Crippen LogP contribution >= 0.6 is 31.9 Å². The van der Waals surface area contributed by atoms with E-state index in [1.54, 1.807) is 12.1 Å². The fourth-order valence-corrected chi connectivity index (χ4v) is 3.92. The molecule has 2 nitrogen and oxygen atoms in total. The Balaban J connectivity index is 0.000000261. The lowest BCUT2D eigenvalue weighted by Gasteiger charge is -2.10. The van der Waals surface area contributed by atoms with Gasteiger partial charge in [-0.3, -0.25) is 4.99 Å². The molecule has 0 bridgehead atoms. The van der Waals surface area contributed by atoms with Crippen LogP contribution in [0.1, 0.15) is 57.7 Å².